The lowest BCUT2D eigenvalue weighted by molar-refractivity contribution is -0.153. The van der Waals surface area contributed by atoms with Gasteiger partial charge in [0.15, 0.2) is 0 Å². The number of carbonyl (C=O) groups is 2. The van der Waals surface area contributed by atoms with Gasteiger partial charge in [-0.2, -0.15) is 0 Å². The van der Waals surface area contributed by atoms with Crippen LogP contribution in [0.1, 0.15) is 29.4 Å². The second-order valence-corrected chi connectivity index (χ2v) is 4.81. The molecule has 0 aromatic heterocycles. The van der Waals surface area contributed by atoms with Gasteiger partial charge >= 0.3 is 11.9 Å². The van der Waals surface area contributed by atoms with Crippen molar-refractivity contribution < 1.29 is 19.8 Å². The lowest BCUT2D eigenvalue weighted by Gasteiger charge is -2.26. The van der Waals surface area contributed by atoms with E-state index in [1.54, 1.807) is 0 Å². The van der Waals surface area contributed by atoms with E-state index in [0.717, 1.165) is 11.1 Å². The second-order valence-electron chi connectivity index (χ2n) is 4.81. The first kappa shape index (κ1) is 10.3. The van der Waals surface area contributed by atoms with Crippen LogP contribution in [0.5, 0.6) is 0 Å². The molecule has 0 heterocycles. The third-order valence-corrected chi connectivity index (χ3v) is 4.13. The highest BCUT2D eigenvalue weighted by atomic mass is 16.4. The van der Waals surface area contributed by atoms with Gasteiger partial charge in [-0.3, -0.25) is 9.59 Å². The van der Waals surface area contributed by atoms with Gasteiger partial charge in [0.25, 0.3) is 0 Å². The summed E-state index contributed by atoms with van der Waals surface area (Å²) in [4.78, 5) is 22.5. The molecule has 1 fully saturated rings. The monoisotopic (exact) mass is 232 g/mol. The van der Waals surface area contributed by atoms with E-state index < -0.39 is 23.8 Å². The lowest BCUT2D eigenvalue weighted by Crippen LogP contribution is -2.33. The molecular formula is C13H12O4. The van der Waals surface area contributed by atoms with Crippen LogP contribution >= 0.6 is 0 Å². The number of rotatable bonds is 2. The van der Waals surface area contributed by atoms with Crippen LogP contribution in [-0.4, -0.2) is 22.2 Å². The first-order chi connectivity index (χ1) is 8.11. The Hall–Kier alpha value is -1.84. The Labute approximate surface area is 97.9 Å². The molecule has 0 amide bonds. The van der Waals surface area contributed by atoms with Crippen LogP contribution in [0.15, 0.2) is 24.3 Å². The molecule has 1 aromatic carbocycles. The van der Waals surface area contributed by atoms with Gasteiger partial charge in [0.1, 0.15) is 0 Å². The molecule has 0 aliphatic heterocycles. The van der Waals surface area contributed by atoms with Crippen LogP contribution in [0.2, 0.25) is 0 Å². The average molecular weight is 232 g/mol. The number of carboxylic acids is 2. The molecule has 0 saturated heterocycles. The Kier molecular flexibility index (Phi) is 2.02. The third kappa shape index (κ3) is 1.24. The molecule has 2 aliphatic rings. The lowest BCUT2D eigenvalue weighted by atomic mass is 9.76. The molecule has 2 aliphatic carbocycles. The molecule has 0 radical (unpaired) electrons. The summed E-state index contributed by atoms with van der Waals surface area (Å²) in [7, 11) is 0. The van der Waals surface area contributed by atoms with E-state index in [-0.39, 0.29) is 11.8 Å². The summed E-state index contributed by atoms with van der Waals surface area (Å²) >= 11 is 0. The summed E-state index contributed by atoms with van der Waals surface area (Å²) in [6.45, 7) is 0. The highest BCUT2D eigenvalue weighted by Gasteiger charge is 2.56. The number of benzene rings is 1. The third-order valence-electron chi connectivity index (χ3n) is 4.13. The Morgan fingerprint density at radius 2 is 1.35 bits per heavy atom. The normalized spacial score (nSPS) is 33.4. The van der Waals surface area contributed by atoms with E-state index in [1.165, 1.54) is 0 Å². The predicted octanol–water partition coefficient (Wildman–Crippen LogP) is 1.67. The van der Waals surface area contributed by atoms with Crippen molar-refractivity contribution in [2.24, 2.45) is 11.8 Å². The quantitative estimate of drug-likeness (QED) is 0.813. The van der Waals surface area contributed by atoms with E-state index >= 15 is 0 Å². The average Bonchev–Trinajstić information content (AvgIpc) is 2.84. The highest BCUT2D eigenvalue weighted by molar-refractivity contribution is 5.84. The minimum Gasteiger partial charge on any atom is -0.481 e. The van der Waals surface area contributed by atoms with Crippen LogP contribution in [-0.2, 0) is 9.59 Å². The smallest absolute Gasteiger partial charge is 0.308 e. The zero-order chi connectivity index (χ0) is 12.2. The van der Waals surface area contributed by atoms with Crippen molar-refractivity contribution in [3.8, 4) is 0 Å². The first-order valence-electron chi connectivity index (χ1n) is 5.65. The zero-order valence-electron chi connectivity index (χ0n) is 9.04. The minimum atomic E-state index is -0.987. The van der Waals surface area contributed by atoms with Crippen molar-refractivity contribution in [2.75, 3.05) is 0 Å². The minimum absolute atomic E-state index is 0.130. The van der Waals surface area contributed by atoms with Crippen LogP contribution in [0.25, 0.3) is 0 Å². The Morgan fingerprint density at radius 3 is 1.71 bits per heavy atom. The molecule has 3 rings (SSSR count). The first-order valence-corrected chi connectivity index (χ1v) is 5.65. The van der Waals surface area contributed by atoms with Gasteiger partial charge in [-0.1, -0.05) is 24.3 Å². The molecule has 4 nitrogen and oxygen atoms in total. The predicted molar refractivity (Wildman–Crippen MR) is 58.8 cm³/mol. The number of fused-ring (bicyclic) bond motifs is 5. The van der Waals surface area contributed by atoms with Gasteiger partial charge in [0, 0.05) is 0 Å². The van der Waals surface area contributed by atoms with E-state index in [1.807, 2.05) is 24.3 Å². The molecule has 4 atom stereocenters. The maximum atomic E-state index is 11.3. The van der Waals surface area contributed by atoms with Crippen molar-refractivity contribution >= 4 is 11.9 Å². The molecule has 0 unspecified atom stereocenters. The van der Waals surface area contributed by atoms with E-state index in [4.69, 9.17) is 0 Å². The van der Waals surface area contributed by atoms with Gasteiger partial charge in [-0.05, 0) is 29.4 Å². The molecule has 4 heteroatoms. The summed E-state index contributed by atoms with van der Waals surface area (Å²) in [5.74, 6) is -3.77. The van der Waals surface area contributed by atoms with Crippen molar-refractivity contribution in [1.82, 2.24) is 0 Å². The Morgan fingerprint density at radius 1 is 0.941 bits per heavy atom. The molecule has 1 saturated carbocycles. The fraction of sp³-hybridized carbons (Fsp3) is 0.385. The molecular weight excluding hydrogens is 220 g/mol. The molecule has 2 N–H and O–H groups in total. The second kappa shape index (κ2) is 3.32. The maximum absolute atomic E-state index is 11.3. The molecule has 1 aromatic rings. The fourth-order valence-electron chi connectivity index (χ4n) is 3.55. The number of hydrogen-bond acceptors (Lipinski definition) is 2. The van der Waals surface area contributed by atoms with Gasteiger partial charge in [0.2, 0.25) is 0 Å². The van der Waals surface area contributed by atoms with E-state index in [9.17, 15) is 19.8 Å². The van der Waals surface area contributed by atoms with Crippen molar-refractivity contribution in [2.45, 2.75) is 18.3 Å². The fourth-order valence-corrected chi connectivity index (χ4v) is 3.55. The Bertz CT molecular complexity index is 463. The van der Waals surface area contributed by atoms with Crippen LogP contribution in [0.3, 0.4) is 0 Å². The Balaban J connectivity index is 2.12. The summed E-state index contributed by atoms with van der Waals surface area (Å²) < 4.78 is 0. The number of carboxylic acid groups (broad SMARTS) is 2. The van der Waals surface area contributed by atoms with Crippen molar-refractivity contribution in [3.63, 3.8) is 0 Å². The van der Waals surface area contributed by atoms with Gasteiger partial charge in [-0.25, -0.2) is 0 Å². The van der Waals surface area contributed by atoms with E-state index in [0.29, 0.717) is 6.42 Å². The largest absolute Gasteiger partial charge is 0.481 e. The van der Waals surface area contributed by atoms with Gasteiger partial charge in [0.05, 0.1) is 11.8 Å². The van der Waals surface area contributed by atoms with Crippen LogP contribution in [0, 0.1) is 11.8 Å². The molecule has 88 valence electrons. The van der Waals surface area contributed by atoms with E-state index in [2.05, 4.69) is 0 Å². The van der Waals surface area contributed by atoms with Crippen LogP contribution in [0.4, 0.5) is 0 Å². The summed E-state index contributed by atoms with van der Waals surface area (Å²) in [5, 5.41) is 18.4. The zero-order valence-corrected chi connectivity index (χ0v) is 9.04. The topological polar surface area (TPSA) is 74.6 Å². The molecule has 0 spiro atoms. The molecule has 2 bridgehead atoms. The van der Waals surface area contributed by atoms with Crippen LogP contribution < -0.4 is 0 Å². The summed E-state index contributed by atoms with van der Waals surface area (Å²) in [5.41, 5.74) is 2.06. The standard InChI is InChI=1S/C13H12O4/c14-12(15)10-8-5-9(11(10)13(16)17)7-4-2-1-3-6(7)8/h1-4,8-11H,5H2,(H,14,15)(H,16,17)/t8-,9-,10-,11+/m0/s1. The van der Waals surface area contributed by atoms with Gasteiger partial charge in [-0.15, -0.1) is 0 Å². The molecule has 17 heavy (non-hydrogen) atoms. The van der Waals surface area contributed by atoms with Gasteiger partial charge < -0.3 is 10.2 Å². The maximum Gasteiger partial charge on any atom is 0.308 e. The highest BCUT2D eigenvalue weighted by Crippen LogP contribution is 2.59. The number of hydrogen-bond donors (Lipinski definition) is 2. The van der Waals surface area contributed by atoms with Crippen molar-refractivity contribution in [1.29, 1.82) is 0 Å². The summed E-state index contributed by atoms with van der Waals surface area (Å²) in [6, 6.07) is 7.62. The SMILES string of the molecule is O=C(O)[C@@H]1[C@H](C(=O)O)[C@H]2C[C@H]1c1ccccc12. The summed E-state index contributed by atoms with van der Waals surface area (Å²) in [6.07, 6.45) is 0.660. The van der Waals surface area contributed by atoms with Crippen molar-refractivity contribution in [3.05, 3.63) is 35.4 Å². The number of aliphatic carboxylic acids is 2.